The molecule has 2 aromatic rings. The molecule has 1 aliphatic rings. The highest BCUT2D eigenvalue weighted by Gasteiger charge is 2.22. The van der Waals surface area contributed by atoms with Crippen LogP contribution < -0.4 is 10.4 Å². The van der Waals surface area contributed by atoms with Crippen LogP contribution in [0.1, 0.15) is 31.0 Å². The highest BCUT2D eigenvalue weighted by Crippen LogP contribution is 2.31. The van der Waals surface area contributed by atoms with Gasteiger partial charge in [0, 0.05) is 17.3 Å². The van der Waals surface area contributed by atoms with Crippen molar-refractivity contribution in [2.75, 3.05) is 12.9 Å². The van der Waals surface area contributed by atoms with E-state index in [-0.39, 0.29) is 5.69 Å². The van der Waals surface area contributed by atoms with Crippen LogP contribution in [0.2, 0.25) is 0 Å². The molecule has 0 saturated heterocycles. The molecule has 4 nitrogen and oxygen atoms in total. The van der Waals surface area contributed by atoms with E-state index in [1.54, 1.807) is 23.4 Å². The molecule has 116 valence electrons. The molecule has 0 aliphatic heterocycles. The van der Waals surface area contributed by atoms with Crippen LogP contribution in [0.5, 0.6) is 5.75 Å². The molecule has 1 aliphatic carbocycles. The molecule has 22 heavy (non-hydrogen) atoms. The molecule has 1 heterocycles. The number of hydrogen-bond donors (Lipinski definition) is 0. The molecule has 0 N–H and O–H groups in total. The number of methoxy groups -OCH3 is 1. The van der Waals surface area contributed by atoms with E-state index in [9.17, 15) is 4.79 Å². The first-order valence-corrected chi connectivity index (χ1v) is 8.65. The van der Waals surface area contributed by atoms with E-state index in [0.29, 0.717) is 0 Å². The molecule has 0 radical (unpaired) electrons. The van der Waals surface area contributed by atoms with Crippen molar-refractivity contribution in [3.05, 3.63) is 46.0 Å². The van der Waals surface area contributed by atoms with Crippen LogP contribution in [-0.4, -0.2) is 22.4 Å². The number of rotatable bonds is 5. The normalized spacial score (nSPS) is 13.2. The van der Waals surface area contributed by atoms with Crippen molar-refractivity contribution >= 4 is 11.8 Å². The fourth-order valence-corrected chi connectivity index (χ4v) is 3.79. The summed E-state index contributed by atoms with van der Waals surface area (Å²) in [5.74, 6) is 1.75. The van der Waals surface area contributed by atoms with Crippen LogP contribution in [0, 0.1) is 0 Å². The number of fused-ring (bicyclic) bond motifs is 1. The Bertz CT molecular complexity index is 740. The van der Waals surface area contributed by atoms with Crippen molar-refractivity contribution < 1.29 is 4.74 Å². The fraction of sp³-hybridized carbons (Fsp3) is 0.412. The van der Waals surface area contributed by atoms with Gasteiger partial charge in [-0.3, -0.25) is 4.57 Å². The van der Waals surface area contributed by atoms with Crippen LogP contribution in [0.4, 0.5) is 0 Å². The Morgan fingerprint density at radius 3 is 3.00 bits per heavy atom. The second kappa shape index (κ2) is 6.57. The monoisotopic (exact) mass is 316 g/mol. The Hall–Kier alpha value is -1.75. The Morgan fingerprint density at radius 2 is 2.23 bits per heavy atom. The predicted octanol–water partition coefficient (Wildman–Crippen LogP) is 3.23. The molecule has 0 spiro atoms. The summed E-state index contributed by atoms with van der Waals surface area (Å²) in [7, 11) is 1.63. The maximum absolute atomic E-state index is 12.6. The molecule has 0 unspecified atom stereocenters. The van der Waals surface area contributed by atoms with Gasteiger partial charge in [0.2, 0.25) is 0 Å². The fourth-order valence-electron chi connectivity index (χ4n) is 2.86. The van der Waals surface area contributed by atoms with E-state index in [0.717, 1.165) is 53.6 Å². The molecule has 5 heteroatoms. The average Bonchev–Trinajstić information content (AvgIpc) is 3.02. The quantitative estimate of drug-likeness (QED) is 0.627. The summed E-state index contributed by atoms with van der Waals surface area (Å²) in [6.07, 6.45) is 4.12. The third kappa shape index (κ3) is 2.77. The molecule has 0 fully saturated rings. The zero-order chi connectivity index (χ0) is 15.5. The standard InChI is InChI=1S/C17H20N2O2S/c1-3-10-22-16-14-8-5-9-15(14)19(17(20)18-16)12-6-4-7-13(11-12)21-2/h4,6-7,11H,3,5,8-10H2,1-2H3. The van der Waals surface area contributed by atoms with Crippen LogP contribution in [0.25, 0.3) is 5.69 Å². The van der Waals surface area contributed by atoms with Gasteiger partial charge in [-0.15, -0.1) is 11.8 Å². The minimum absolute atomic E-state index is 0.187. The van der Waals surface area contributed by atoms with E-state index < -0.39 is 0 Å². The Kier molecular flexibility index (Phi) is 4.52. The second-order valence-electron chi connectivity index (χ2n) is 5.36. The lowest BCUT2D eigenvalue weighted by Gasteiger charge is -2.14. The van der Waals surface area contributed by atoms with Crippen LogP contribution in [0.15, 0.2) is 34.1 Å². The van der Waals surface area contributed by atoms with Gasteiger partial charge in [0.05, 0.1) is 12.8 Å². The van der Waals surface area contributed by atoms with E-state index in [4.69, 9.17) is 4.74 Å². The second-order valence-corrected chi connectivity index (χ2v) is 6.45. The Labute approximate surface area is 134 Å². The smallest absolute Gasteiger partial charge is 0.353 e. The van der Waals surface area contributed by atoms with Crippen molar-refractivity contribution in [3.63, 3.8) is 0 Å². The van der Waals surface area contributed by atoms with E-state index in [1.165, 1.54) is 5.56 Å². The minimum Gasteiger partial charge on any atom is -0.497 e. The van der Waals surface area contributed by atoms with Gasteiger partial charge in [0.25, 0.3) is 0 Å². The van der Waals surface area contributed by atoms with Crippen molar-refractivity contribution in [2.24, 2.45) is 0 Å². The highest BCUT2D eigenvalue weighted by molar-refractivity contribution is 7.99. The van der Waals surface area contributed by atoms with Gasteiger partial charge in [-0.2, -0.15) is 4.98 Å². The lowest BCUT2D eigenvalue weighted by molar-refractivity contribution is 0.414. The van der Waals surface area contributed by atoms with Crippen molar-refractivity contribution in [1.82, 2.24) is 9.55 Å². The molecule has 1 aromatic heterocycles. The first-order valence-electron chi connectivity index (χ1n) is 7.66. The summed E-state index contributed by atoms with van der Waals surface area (Å²) >= 11 is 1.70. The van der Waals surface area contributed by atoms with Crippen molar-refractivity contribution in [1.29, 1.82) is 0 Å². The zero-order valence-corrected chi connectivity index (χ0v) is 13.8. The van der Waals surface area contributed by atoms with Gasteiger partial charge in [0.1, 0.15) is 10.8 Å². The molecule has 0 saturated carbocycles. The third-order valence-corrected chi connectivity index (χ3v) is 5.08. The summed E-state index contributed by atoms with van der Waals surface area (Å²) < 4.78 is 7.02. The number of benzene rings is 1. The first-order chi connectivity index (χ1) is 10.7. The summed E-state index contributed by atoms with van der Waals surface area (Å²) in [5, 5.41) is 0.929. The lowest BCUT2D eigenvalue weighted by Crippen LogP contribution is -2.25. The van der Waals surface area contributed by atoms with E-state index in [2.05, 4.69) is 11.9 Å². The molecular weight excluding hydrogens is 296 g/mol. The van der Waals surface area contributed by atoms with Gasteiger partial charge in [-0.05, 0) is 43.6 Å². The number of aromatic nitrogens is 2. The maximum Gasteiger partial charge on any atom is 0.353 e. The predicted molar refractivity (Wildman–Crippen MR) is 89.4 cm³/mol. The molecule has 0 amide bonds. The Balaban J connectivity index is 2.13. The molecule has 0 atom stereocenters. The third-order valence-electron chi connectivity index (χ3n) is 3.86. The zero-order valence-electron chi connectivity index (χ0n) is 13.0. The van der Waals surface area contributed by atoms with Gasteiger partial charge < -0.3 is 4.74 Å². The lowest BCUT2D eigenvalue weighted by atomic mass is 10.2. The summed E-state index contributed by atoms with van der Waals surface area (Å²) in [6.45, 7) is 2.14. The average molecular weight is 316 g/mol. The minimum atomic E-state index is -0.187. The number of nitrogens with zero attached hydrogens (tertiary/aromatic N) is 2. The summed E-state index contributed by atoms with van der Waals surface area (Å²) in [4.78, 5) is 16.9. The Morgan fingerprint density at radius 1 is 1.36 bits per heavy atom. The number of hydrogen-bond acceptors (Lipinski definition) is 4. The number of thioether (sulfide) groups is 1. The van der Waals surface area contributed by atoms with E-state index in [1.807, 2.05) is 24.3 Å². The first kappa shape index (κ1) is 15.2. The summed E-state index contributed by atoms with van der Waals surface area (Å²) in [5.41, 5.74) is 3.02. The molecule has 3 rings (SSSR count). The molecule has 0 bridgehead atoms. The topological polar surface area (TPSA) is 44.1 Å². The summed E-state index contributed by atoms with van der Waals surface area (Å²) in [6, 6.07) is 7.61. The van der Waals surface area contributed by atoms with E-state index >= 15 is 0 Å². The molecular formula is C17H20N2O2S. The largest absolute Gasteiger partial charge is 0.497 e. The maximum atomic E-state index is 12.6. The number of ether oxygens (including phenoxy) is 1. The van der Waals surface area contributed by atoms with Gasteiger partial charge in [-0.25, -0.2) is 4.79 Å². The molecule has 1 aromatic carbocycles. The van der Waals surface area contributed by atoms with Crippen molar-refractivity contribution in [2.45, 2.75) is 37.6 Å². The van der Waals surface area contributed by atoms with Crippen LogP contribution >= 0.6 is 11.8 Å². The van der Waals surface area contributed by atoms with Gasteiger partial charge >= 0.3 is 5.69 Å². The van der Waals surface area contributed by atoms with Crippen LogP contribution in [-0.2, 0) is 12.8 Å². The van der Waals surface area contributed by atoms with Gasteiger partial charge in [0.15, 0.2) is 0 Å². The van der Waals surface area contributed by atoms with Crippen molar-refractivity contribution in [3.8, 4) is 11.4 Å². The highest BCUT2D eigenvalue weighted by atomic mass is 32.2. The van der Waals surface area contributed by atoms with Gasteiger partial charge in [-0.1, -0.05) is 13.0 Å². The van der Waals surface area contributed by atoms with Crippen LogP contribution in [0.3, 0.4) is 0 Å². The SMILES string of the molecule is CCCSc1nc(=O)n(-c2cccc(OC)c2)c2c1CCC2.